The largest absolute Gasteiger partial charge is 0.238 e. The molecule has 0 aliphatic rings. The standard InChI is InChI=1S/C17H20N2/c1-5-8-16-12(3)17(19-13(4)18-16)15-10-7-9-14(6-2)11-15/h5,7,9-11H,1,6,8H2,2-4H3. The molecule has 0 saturated heterocycles. The highest BCUT2D eigenvalue weighted by Gasteiger charge is 2.10. The third-order valence-corrected chi connectivity index (χ3v) is 3.30. The maximum absolute atomic E-state index is 4.62. The van der Waals surface area contributed by atoms with Crippen LogP contribution < -0.4 is 0 Å². The fourth-order valence-electron chi connectivity index (χ4n) is 2.24. The lowest BCUT2D eigenvalue weighted by atomic mass is 10.0. The predicted octanol–water partition coefficient (Wildman–Crippen LogP) is 4.05. The highest BCUT2D eigenvalue weighted by Crippen LogP contribution is 2.24. The van der Waals surface area contributed by atoms with Gasteiger partial charge in [0.25, 0.3) is 0 Å². The van der Waals surface area contributed by atoms with Gasteiger partial charge in [0.2, 0.25) is 0 Å². The molecule has 0 saturated carbocycles. The molecular weight excluding hydrogens is 232 g/mol. The van der Waals surface area contributed by atoms with Gasteiger partial charge in [-0.2, -0.15) is 0 Å². The van der Waals surface area contributed by atoms with Crippen molar-refractivity contribution in [3.05, 3.63) is 59.6 Å². The van der Waals surface area contributed by atoms with Gasteiger partial charge in [0, 0.05) is 12.0 Å². The van der Waals surface area contributed by atoms with Gasteiger partial charge in [0.1, 0.15) is 5.82 Å². The van der Waals surface area contributed by atoms with Crippen molar-refractivity contribution < 1.29 is 0 Å². The van der Waals surface area contributed by atoms with Crippen molar-refractivity contribution in [1.29, 1.82) is 0 Å². The van der Waals surface area contributed by atoms with E-state index in [1.807, 2.05) is 13.0 Å². The number of nitrogens with zero attached hydrogens (tertiary/aromatic N) is 2. The first-order valence-electron chi connectivity index (χ1n) is 6.70. The van der Waals surface area contributed by atoms with E-state index in [9.17, 15) is 0 Å². The van der Waals surface area contributed by atoms with Gasteiger partial charge in [-0.3, -0.25) is 0 Å². The van der Waals surface area contributed by atoms with Crippen molar-refractivity contribution in [2.24, 2.45) is 0 Å². The predicted molar refractivity (Wildman–Crippen MR) is 80.2 cm³/mol. The van der Waals surface area contributed by atoms with Crippen LogP contribution in [0, 0.1) is 13.8 Å². The van der Waals surface area contributed by atoms with Crippen LogP contribution in [0.3, 0.4) is 0 Å². The third kappa shape index (κ3) is 2.90. The average molecular weight is 252 g/mol. The van der Waals surface area contributed by atoms with E-state index in [0.717, 1.165) is 35.6 Å². The molecule has 0 spiro atoms. The zero-order chi connectivity index (χ0) is 13.8. The van der Waals surface area contributed by atoms with E-state index < -0.39 is 0 Å². The summed E-state index contributed by atoms with van der Waals surface area (Å²) in [5.74, 6) is 0.819. The van der Waals surface area contributed by atoms with Crippen LogP contribution in [0.2, 0.25) is 0 Å². The molecule has 0 N–H and O–H groups in total. The molecule has 2 aromatic rings. The van der Waals surface area contributed by atoms with Crippen LogP contribution in [-0.4, -0.2) is 9.97 Å². The van der Waals surface area contributed by atoms with Gasteiger partial charge in [0.05, 0.1) is 11.4 Å². The molecule has 0 bridgehead atoms. The summed E-state index contributed by atoms with van der Waals surface area (Å²) >= 11 is 0. The monoisotopic (exact) mass is 252 g/mol. The number of hydrogen-bond acceptors (Lipinski definition) is 2. The van der Waals surface area contributed by atoms with E-state index in [1.165, 1.54) is 11.1 Å². The zero-order valence-corrected chi connectivity index (χ0v) is 11.9. The minimum Gasteiger partial charge on any atom is -0.238 e. The topological polar surface area (TPSA) is 25.8 Å². The summed E-state index contributed by atoms with van der Waals surface area (Å²) in [6.07, 6.45) is 3.72. The molecule has 98 valence electrons. The lowest BCUT2D eigenvalue weighted by Gasteiger charge is -2.11. The number of rotatable bonds is 4. The molecule has 2 rings (SSSR count). The lowest BCUT2D eigenvalue weighted by molar-refractivity contribution is 0.961. The molecule has 2 nitrogen and oxygen atoms in total. The van der Waals surface area contributed by atoms with Crippen molar-refractivity contribution in [2.75, 3.05) is 0 Å². The first-order chi connectivity index (χ1) is 9.15. The number of hydrogen-bond donors (Lipinski definition) is 0. The first-order valence-corrected chi connectivity index (χ1v) is 6.70. The molecule has 2 heteroatoms. The zero-order valence-electron chi connectivity index (χ0n) is 11.9. The van der Waals surface area contributed by atoms with E-state index in [2.05, 4.69) is 54.7 Å². The van der Waals surface area contributed by atoms with Gasteiger partial charge in [-0.05, 0) is 37.5 Å². The molecule has 1 heterocycles. The Morgan fingerprint density at radius 2 is 2.00 bits per heavy atom. The van der Waals surface area contributed by atoms with E-state index in [1.54, 1.807) is 0 Å². The fraction of sp³-hybridized carbons (Fsp3) is 0.294. The molecule has 19 heavy (non-hydrogen) atoms. The van der Waals surface area contributed by atoms with Gasteiger partial charge in [-0.25, -0.2) is 9.97 Å². The van der Waals surface area contributed by atoms with Crippen LogP contribution in [-0.2, 0) is 12.8 Å². The second-order valence-corrected chi connectivity index (χ2v) is 4.74. The molecule has 0 unspecified atom stereocenters. The van der Waals surface area contributed by atoms with Gasteiger partial charge in [-0.1, -0.05) is 31.2 Å². The summed E-state index contributed by atoms with van der Waals surface area (Å²) in [7, 11) is 0. The van der Waals surface area contributed by atoms with Crippen molar-refractivity contribution in [3.8, 4) is 11.3 Å². The molecule has 1 aromatic heterocycles. The molecule has 0 atom stereocenters. The van der Waals surface area contributed by atoms with Gasteiger partial charge >= 0.3 is 0 Å². The average Bonchev–Trinajstić information content (AvgIpc) is 2.43. The van der Waals surface area contributed by atoms with E-state index in [4.69, 9.17) is 0 Å². The SMILES string of the molecule is C=CCc1nc(C)nc(-c2cccc(CC)c2)c1C. The maximum atomic E-state index is 4.62. The lowest BCUT2D eigenvalue weighted by Crippen LogP contribution is -2.02. The van der Waals surface area contributed by atoms with Gasteiger partial charge < -0.3 is 0 Å². The molecule has 0 amide bonds. The Morgan fingerprint density at radius 3 is 2.68 bits per heavy atom. The van der Waals surface area contributed by atoms with Crippen LogP contribution in [0.5, 0.6) is 0 Å². The highest BCUT2D eigenvalue weighted by atomic mass is 14.9. The molecule has 1 aromatic carbocycles. The summed E-state index contributed by atoms with van der Waals surface area (Å²) < 4.78 is 0. The molecule has 0 aliphatic carbocycles. The fourth-order valence-corrected chi connectivity index (χ4v) is 2.24. The Labute approximate surface area is 115 Å². The van der Waals surface area contributed by atoms with Crippen LogP contribution >= 0.6 is 0 Å². The van der Waals surface area contributed by atoms with Gasteiger partial charge in [0.15, 0.2) is 0 Å². The summed E-state index contributed by atoms with van der Waals surface area (Å²) in [5.41, 5.74) is 5.77. The maximum Gasteiger partial charge on any atom is 0.126 e. The summed E-state index contributed by atoms with van der Waals surface area (Å²) in [6, 6.07) is 8.58. The molecule has 0 fully saturated rings. The van der Waals surface area contributed by atoms with Crippen LogP contribution in [0.25, 0.3) is 11.3 Å². The smallest absolute Gasteiger partial charge is 0.126 e. The second kappa shape index (κ2) is 5.79. The van der Waals surface area contributed by atoms with E-state index >= 15 is 0 Å². The number of benzene rings is 1. The molecule has 0 radical (unpaired) electrons. The summed E-state index contributed by atoms with van der Waals surface area (Å²) in [6.45, 7) is 10.00. The minimum atomic E-state index is 0.787. The second-order valence-electron chi connectivity index (χ2n) is 4.74. The van der Waals surface area contributed by atoms with Crippen molar-refractivity contribution >= 4 is 0 Å². The highest BCUT2D eigenvalue weighted by molar-refractivity contribution is 5.64. The van der Waals surface area contributed by atoms with E-state index in [-0.39, 0.29) is 0 Å². The van der Waals surface area contributed by atoms with Crippen molar-refractivity contribution in [3.63, 3.8) is 0 Å². The van der Waals surface area contributed by atoms with Crippen LogP contribution in [0.1, 0.15) is 29.6 Å². The third-order valence-electron chi connectivity index (χ3n) is 3.30. The Hall–Kier alpha value is -1.96. The Morgan fingerprint density at radius 1 is 1.21 bits per heavy atom. The van der Waals surface area contributed by atoms with Crippen molar-refractivity contribution in [2.45, 2.75) is 33.6 Å². The Kier molecular flexibility index (Phi) is 4.10. The van der Waals surface area contributed by atoms with Crippen molar-refractivity contribution in [1.82, 2.24) is 9.97 Å². The number of aromatic nitrogens is 2. The van der Waals surface area contributed by atoms with Crippen LogP contribution in [0.4, 0.5) is 0 Å². The normalized spacial score (nSPS) is 10.5. The summed E-state index contributed by atoms with van der Waals surface area (Å²) in [4.78, 5) is 9.12. The quantitative estimate of drug-likeness (QED) is 0.767. The molecular formula is C17H20N2. The first kappa shape index (κ1) is 13.5. The number of allylic oxidation sites excluding steroid dienone is 1. The minimum absolute atomic E-state index is 0.787. The van der Waals surface area contributed by atoms with Gasteiger partial charge in [-0.15, -0.1) is 6.58 Å². The van der Waals surface area contributed by atoms with E-state index in [0.29, 0.717) is 0 Å². The van der Waals surface area contributed by atoms with Crippen LogP contribution in [0.15, 0.2) is 36.9 Å². The number of aryl methyl sites for hydroxylation is 2. The Balaban J connectivity index is 2.57. The summed E-state index contributed by atoms with van der Waals surface area (Å²) in [5, 5.41) is 0. The molecule has 0 aliphatic heterocycles. The Bertz CT molecular complexity index is 600.